The molecule has 0 spiro atoms. The highest BCUT2D eigenvalue weighted by molar-refractivity contribution is 7.71. The van der Waals surface area contributed by atoms with Crippen molar-refractivity contribution < 1.29 is 10.2 Å². The zero-order valence-electron chi connectivity index (χ0n) is 18.6. The SMILES string of the molecule is CC(C)c1cc(-c2n[nH]c(=S)n2-c2ccc3c(c2)CC(N2CCCCC2)C3)c(O)cc1O. The highest BCUT2D eigenvalue weighted by Crippen LogP contribution is 2.38. The lowest BCUT2D eigenvalue weighted by Gasteiger charge is -2.32. The highest BCUT2D eigenvalue weighted by atomic mass is 32.1. The number of rotatable bonds is 4. The number of fused-ring (bicyclic) bond motifs is 1. The summed E-state index contributed by atoms with van der Waals surface area (Å²) in [6.07, 6.45) is 6.13. The summed E-state index contributed by atoms with van der Waals surface area (Å²) in [4.78, 5) is 2.65. The fraction of sp³-hybridized carbons (Fsp3) is 0.440. The molecule has 0 radical (unpaired) electrons. The minimum atomic E-state index is -0.0199. The van der Waals surface area contributed by atoms with Gasteiger partial charge in [-0.1, -0.05) is 26.3 Å². The number of aromatic amines is 1. The number of nitrogens with zero attached hydrogens (tertiary/aromatic N) is 3. The van der Waals surface area contributed by atoms with E-state index >= 15 is 0 Å². The van der Waals surface area contributed by atoms with E-state index in [4.69, 9.17) is 12.2 Å². The molecule has 1 fully saturated rings. The molecule has 2 heterocycles. The van der Waals surface area contributed by atoms with Crippen molar-refractivity contribution in [3.8, 4) is 28.6 Å². The van der Waals surface area contributed by atoms with Crippen molar-refractivity contribution in [3.63, 3.8) is 0 Å². The standard InChI is InChI=1S/C25H30N4O2S/c1-15(2)20-13-21(23(31)14-22(20)30)24-26-27-25(32)29(24)18-7-6-16-10-19(12-17(16)11-18)28-8-4-3-5-9-28/h6-7,11,13-15,19,30-31H,3-5,8-10,12H2,1-2H3,(H,27,32). The molecule has 3 aromatic rings. The van der Waals surface area contributed by atoms with E-state index in [1.54, 1.807) is 6.07 Å². The van der Waals surface area contributed by atoms with Crippen molar-refractivity contribution in [2.75, 3.05) is 13.1 Å². The van der Waals surface area contributed by atoms with Crippen LogP contribution in [-0.4, -0.2) is 49.0 Å². The van der Waals surface area contributed by atoms with Crippen LogP contribution in [0.4, 0.5) is 0 Å². The molecule has 3 N–H and O–H groups in total. The fourth-order valence-electron chi connectivity index (χ4n) is 5.21. The number of nitrogens with one attached hydrogen (secondary N) is 1. The number of H-pyrrole nitrogens is 1. The summed E-state index contributed by atoms with van der Waals surface area (Å²) in [5.41, 5.74) is 5.03. The van der Waals surface area contributed by atoms with Crippen molar-refractivity contribution in [2.45, 2.75) is 57.9 Å². The molecule has 1 aliphatic carbocycles. The van der Waals surface area contributed by atoms with Gasteiger partial charge in [0.1, 0.15) is 11.5 Å². The van der Waals surface area contributed by atoms with Gasteiger partial charge in [-0.2, -0.15) is 5.10 Å². The number of benzene rings is 2. The van der Waals surface area contributed by atoms with Crippen LogP contribution in [0.3, 0.4) is 0 Å². The fourth-order valence-corrected chi connectivity index (χ4v) is 5.45. The van der Waals surface area contributed by atoms with E-state index in [1.165, 1.54) is 49.5 Å². The Labute approximate surface area is 193 Å². The first-order valence-corrected chi connectivity index (χ1v) is 11.9. The summed E-state index contributed by atoms with van der Waals surface area (Å²) < 4.78 is 2.35. The number of aromatic nitrogens is 3. The van der Waals surface area contributed by atoms with Gasteiger partial charge < -0.3 is 10.2 Å². The molecule has 1 saturated heterocycles. The van der Waals surface area contributed by atoms with E-state index in [9.17, 15) is 10.2 Å². The summed E-state index contributed by atoms with van der Waals surface area (Å²) in [6.45, 7) is 6.43. The van der Waals surface area contributed by atoms with Gasteiger partial charge in [-0.05, 0) is 91.8 Å². The maximum Gasteiger partial charge on any atom is 0.200 e. The second kappa shape index (κ2) is 8.37. The number of piperidine rings is 1. The van der Waals surface area contributed by atoms with Crippen LogP contribution >= 0.6 is 12.2 Å². The van der Waals surface area contributed by atoms with Crippen LogP contribution in [0.5, 0.6) is 11.5 Å². The van der Waals surface area contributed by atoms with Gasteiger partial charge in [-0.15, -0.1) is 0 Å². The van der Waals surface area contributed by atoms with Gasteiger partial charge in [-0.3, -0.25) is 14.6 Å². The van der Waals surface area contributed by atoms with Crippen molar-refractivity contribution in [1.29, 1.82) is 0 Å². The largest absolute Gasteiger partial charge is 0.508 e. The first-order valence-electron chi connectivity index (χ1n) is 11.5. The smallest absolute Gasteiger partial charge is 0.200 e. The Morgan fingerprint density at radius 2 is 1.75 bits per heavy atom. The number of phenolic OH excluding ortho intramolecular Hbond substituents is 2. The average Bonchev–Trinajstić information content (AvgIpc) is 3.37. The first-order chi connectivity index (χ1) is 15.4. The summed E-state index contributed by atoms with van der Waals surface area (Å²) in [6, 6.07) is 10.3. The molecule has 6 nitrogen and oxygen atoms in total. The molecule has 32 heavy (non-hydrogen) atoms. The van der Waals surface area contributed by atoms with Gasteiger partial charge in [0.25, 0.3) is 0 Å². The van der Waals surface area contributed by atoms with Gasteiger partial charge in [0, 0.05) is 12.1 Å². The van der Waals surface area contributed by atoms with Crippen LogP contribution in [0.25, 0.3) is 17.1 Å². The van der Waals surface area contributed by atoms with E-state index in [2.05, 4.69) is 33.3 Å². The van der Waals surface area contributed by atoms with Crippen LogP contribution in [0.1, 0.15) is 55.7 Å². The molecule has 7 heteroatoms. The monoisotopic (exact) mass is 450 g/mol. The number of phenols is 2. The molecule has 0 amide bonds. The van der Waals surface area contributed by atoms with E-state index in [0.717, 1.165) is 24.1 Å². The topological polar surface area (TPSA) is 77.3 Å². The molecule has 1 aliphatic heterocycles. The van der Waals surface area contributed by atoms with Gasteiger partial charge in [-0.25, -0.2) is 0 Å². The molecular weight excluding hydrogens is 420 g/mol. The third kappa shape index (κ3) is 3.73. The molecule has 2 aromatic carbocycles. The molecule has 5 rings (SSSR count). The molecule has 2 aliphatic rings. The minimum Gasteiger partial charge on any atom is -0.508 e. The average molecular weight is 451 g/mol. The Morgan fingerprint density at radius 1 is 1.00 bits per heavy atom. The third-order valence-corrected chi connectivity index (χ3v) is 7.22. The maximum atomic E-state index is 10.6. The van der Waals surface area contributed by atoms with E-state index in [-0.39, 0.29) is 17.4 Å². The third-order valence-electron chi connectivity index (χ3n) is 6.95. The molecule has 0 saturated carbocycles. The Bertz CT molecular complexity index is 1210. The second-order valence-electron chi connectivity index (χ2n) is 9.38. The predicted octanol–water partition coefficient (Wildman–Crippen LogP) is 5.08. The lowest BCUT2D eigenvalue weighted by atomic mass is 9.98. The van der Waals surface area contributed by atoms with Gasteiger partial charge in [0.2, 0.25) is 0 Å². The Kier molecular flexibility index (Phi) is 5.55. The molecular formula is C25H30N4O2S. The Balaban J connectivity index is 1.52. The van der Waals surface area contributed by atoms with Crippen LogP contribution in [0.2, 0.25) is 0 Å². The number of hydrogen-bond acceptors (Lipinski definition) is 5. The van der Waals surface area contributed by atoms with Crippen molar-refractivity contribution in [1.82, 2.24) is 19.7 Å². The highest BCUT2D eigenvalue weighted by Gasteiger charge is 2.28. The predicted molar refractivity (Wildman–Crippen MR) is 128 cm³/mol. The number of likely N-dealkylation sites (tertiary alicyclic amines) is 1. The van der Waals surface area contributed by atoms with Crippen molar-refractivity contribution in [3.05, 3.63) is 51.8 Å². The second-order valence-corrected chi connectivity index (χ2v) is 9.77. The zero-order valence-corrected chi connectivity index (χ0v) is 19.5. The molecule has 0 bridgehead atoms. The minimum absolute atomic E-state index is 0.0199. The molecule has 1 aromatic heterocycles. The summed E-state index contributed by atoms with van der Waals surface area (Å²) in [5.74, 6) is 0.716. The number of aromatic hydroxyl groups is 2. The zero-order chi connectivity index (χ0) is 22.4. The molecule has 168 valence electrons. The van der Waals surface area contributed by atoms with Crippen molar-refractivity contribution in [2.24, 2.45) is 0 Å². The van der Waals surface area contributed by atoms with E-state index in [0.29, 0.717) is 22.2 Å². The number of hydrogen-bond donors (Lipinski definition) is 3. The molecule has 1 atom stereocenters. The van der Waals surface area contributed by atoms with E-state index < -0.39 is 0 Å². The molecule has 1 unspecified atom stereocenters. The van der Waals surface area contributed by atoms with Crippen LogP contribution in [-0.2, 0) is 12.8 Å². The lowest BCUT2D eigenvalue weighted by Crippen LogP contribution is -2.39. The Morgan fingerprint density at radius 3 is 2.50 bits per heavy atom. The van der Waals surface area contributed by atoms with Crippen molar-refractivity contribution >= 4 is 12.2 Å². The van der Waals surface area contributed by atoms with Gasteiger partial charge >= 0.3 is 0 Å². The van der Waals surface area contributed by atoms with Crippen LogP contribution in [0, 0.1) is 4.77 Å². The summed E-state index contributed by atoms with van der Waals surface area (Å²) in [5, 5.41) is 28.2. The van der Waals surface area contributed by atoms with Gasteiger partial charge in [0.15, 0.2) is 10.6 Å². The van der Waals surface area contributed by atoms with E-state index in [1.807, 2.05) is 18.4 Å². The first kappa shape index (κ1) is 21.2. The van der Waals surface area contributed by atoms with Gasteiger partial charge in [0.05, 0.1) is 11.3 Å². The summed E-state index contributed by atoms with van der Waals surface area (Å²) >= 11 is 5.57. The quantitative estimate of drug-likeness (QED) is 0.483. The maximum absolute atomic E-state index is 10.6. The lowest BCUT2D eigenvalue weighted by molar-refractivity contribution is 0.168. The van der Waals surface area contributed by atoms with Crippen LogP contribution in [0.15, 0.2) is 30.3 Å². The summed E-state index contributed by atoms with van der Waals surface area (Å²) in [7, 11) is 0. The normalized spacial score (nSPS) is 18.9. The van der Waals surface area contributed by atoms with Crippen LogP contribution < -0.4 is 0 Å². The Hall–Kier alpha value is -2.64.